The SMILES string of the molecule is Nc1nc(/C(=N/OCC2CCNCC2)C(=O)C[C@H]2Cc3cccc(C(=O)O)c3OB2O)cs1. The molecule has 0 saturated carbocycles. The number of aromatic nitrogens is 1. The van der Waals surface area contributed by atoms with Crippen LogP contribution in [0, 0.1) is 5.92 Å². The van der Waals surface area contributed by atoms with Crippen LogP contribution < -0.4 is 15.7 Å². The van der Waals surface area contributed by atoms with E-state index in [1.165, 1.54) is 17.4 Å². The molecular formula is C21H25BN4O6S. The number of rotatable bonds is 8. The second-order valence-electron chi connectivity index (χ2n) is 8.20. The van der Waals surface area contributed by atoms with E-state index in [0.29, 0.717) is 28.9 Å². The molecule has 0 spiro atoms. The predicted octanol–water partition coefficient (Wildman–Crippen LogP) is 1.59. The molecule has 174 valence electrons. The lowest BCUT2D eigenvalue weighted by Gasteiger charge is -2.28. The zero-order valence-corrected chi connectivity index (χ0v) is 18.7. The quantitative estimate of drug-likeness (QED) is 0.255. The maximum absolute atomic E-state index is 13.2. The van der Waals surface area contributed by atoms with E-state index in [1.54, 1.807) is 17.5 Å². The molecule has 5 N–H and O–H groups in total. The number of ketones is 1. The summed E-state index contributed by atoms with van der Waals surface area (Å²) in [5.74, 6) is -1.60. The number of carboxylic acids is 1. The van der Waals surface area contributed by atoms with E-state index >= 15 is 0 Å². The molecule has 4 rings (SSSR count). The molecule has 33 heavy (non-hydrogen) atoms. The number of nitrogen functional groups attached to an aromatic ring is 1. The zero-order chi connectivity index (χ0) is 23.4. The summed E-state index contributed by atoms with van der Waals surface area (Å²) < 4.78 is 5.50. The van der Waals surface area contributed by atoms with Gasteiger partial charge in [-0.25, -0.2) is 9.78 Å². The number of nitrogens with zero attached hydrogens (tertiary/aromatic N) is 2. The molecule has 12 heteroatoms. The third kappa shape index (κ3) is 5.52. The molecular weight excluding hydrogens is 447 g/mol. The molecule has 2 aliphatic rings. The molecule has 0 aliphatic carbocycles. The molecule has 1 aromatic heterocycles. The van der Waals surface area contributed by atoms with Crippen LogP contribution in [0.25, 0.3) is 0 Å². The number of benzene rings is 1. The lowest BCUT2D eigenvalue weighted by Crippen LogP contribution is -2.37. The number of piperidine rings is 1. The molecule has 1 aromatic carbocycles. The van der Waals surface area contributed by atoms with Crippen LogP contribution in [0.15, 0.2) is 28.7 Å². The second-order valence-corrected chi connectivity index (χ2v) is 9.09. The average molecular weight is 472 g/mol. The van der Waals surface area contributed by atoms with Gasteiger partial charge in [-0.2, -0.15) is 0 Å². The van der Waals surface area contributed by atoms with Crippen molar-refractivity contribution >= 4 is 41.1 Å². The standard InChI is InChI=1S/C21H25BN4O6S/c23-21-25-16(11-33-21)18(26-31-10-12-4-6-24-7-5-12)17(27)9-14-8-13-2-1-3-15(20(28)29)19(13)32-22(14)30/h1-3,11-12,14,24,30H,4-10H2,(H2,23,25)(H,28,29)/b26-18-/t14-/m1/s1. The Kier molecular flexibility index (Phi) is 7.26. The van der Waals surface area contributed by atoms with E-state index in [0.717, 1.165) is 25.9 Å². The lowest BCUT2D eigenvalue weighted by molar-refractivity contribution is -0.113. The van der Waals surface area contributed by atoms with Gasteiger partial charge >= 0.3 is 13.1 Å². The Bertz CT molecular complexity index is 1060. The predicted molar refractivity (Wildman–Crippen MR) is 124 cm³/mol. The number of nitrogens with one attached hydrogen (secondary N) is 1. The van der Waals surface area contributed by atoms with Gasteiger partial charge in [0, 0.05) is 17.6 Å². The Hall–Kier alpha value is -2.96. The highest BCUT2D eigenvalue weighted by molar-refractivity contribution is 7.13. The van der Waals surface area contributed by atoms with Crippen LogP contribution in [-0.4, -0.2) is 59.4 Å². The van der Waals surface area contributed by atoms with Crippen molar-refractivity contribution in [2.24, 2.45) is 11.1 Å². The van der Waals surface area contributed by atoms with Crippen LogP contribution in [0.1, 0.15) is 40.9 Å². The summed E-state index contributed by atoms with van der Waals surface area (Å²) in [6, 6.07) is 4.75. The Morgan fingerprint density at radius 2 is 2.15 bits per heavy atom. The van der Waals surface area contributed by atoms with Crippen molar-refractivity contribution in [2.45, 2.75) is 31.5 Å². The van der Waals surface area contributed by atoms with E-state index in [-0.39, 0.29) is 35.6 Å². The van der Waals surface area contributed by atoms with Crippen molar-refractivity contribution in [3.8, 4) is 5.75 Å². The Morgan fingerprint density at radius 3 is 2.85 bits per heavy atom. The number of para-hydroxylation sites is 1. The summed E-state index contributed by atoms with van der Waals surface area (Å²) in [5.41, 5.74) is 6.72. The van der Waals surface area contributed by atoms with Gasteiger partial charge in [0.15, 0.2) is 16.6 Å². The fraction of sp³-hybridized carbons (Fsp3) is 0.429. The van der Waals surface area contributed by atoms with Gasteiger partial charge < -0.3 is 30.7 Å². The number of nitrogens with two attached hydrogens (primary N) is 1. The molecule has 0 bridgehead atoms. The fourth-order valence-corrected chi connectivity index (χ4v) is 4.60. The summed E-state index contributed by atoms with van der Waals surface area (Å²) in [5, 5.41) is 29.2. The Morgan fingerprint density at radius 1 is 1.36 bits per heavy atom. The van der Waals surface area contributed by atoms with Gasteiger partial charge in [-0.1, -0.05) is 17.3 Å². The first-order chi connectivity index (χ1) is 15.9. The van der Waals surface area contributed by atoms with Crippen LogP contribution in [0.5, 0.6) is 5.75 Å². The number of aromatic carboxylic acids is 1. The van der Waals surface area contributed by atoms with Crippen molar-refractivity contribution in [3.05, 3.63) is 40.4 Å². The number of thiazole rings is 1. The number of Topliss-reactive ketones (excluding diaryl/α,β-unsaturated/α-hetero) is 1. The first-order valence-electron chi connectivity index (χ1n) is 10.8. The first-order valence-corrected chi connectivity index (χ1v) is 11.7. The normalized spacial score (nSPS) is 19.0. The minimum atomic E-state index is -1.33. The molecule has 2 aromatic rings. The maximum Gasteiger partial charge on any atom is 0.526 e. The fourth-order valence-electron chi connectivity index (χ4n) is 4.05. The maximum atomic E-state index is 13.2. The molecule has 10 nitrogen and oxygen atoms in total. The monoisotopic (exact) mass is 472 g/mol. The number of carbonyl (C=O) groups is 2. The topological polar surface area (TPSA) is 156 Å². The minimum Gasteiger partial charge on any atom is -0.535 e. The highest BCUT2D eigenvalue weighted by Crippen LogP contribution is 2.36. The van der Waals surface area contributed by atoms with Gasteiger partial charge in [0.1, 0.15) is 18.1 Å². The van der Waals surface area contributed by atoms with Crippen molar-refractivity contribution in [3.63, 3.8) is 0 Å². The summed E-state index contributed by atoms with van der Waals surface area (Å²) in [6.45, 7) is 2.26. The zero-order valence-electron chi connectivity index (χ0n) is 17.9. The van der Waals surface area contributed by atoms with Crippen LogP contribution in [0.4, 0.5) is 5.13 Å². The third-order valence-electron chi connectivity index (χ3n) is 5.85. The molecule has 0 unspecified atom stereocenters. The van der Waals surface area contributed by atoms with E-state index in [9.17, 15) is 19.7 Å². The summed E-state index contributed by atoms with van der Waals surface area (Å²) in [7, 11) is -1.33. The van der Waals surface area contributed by atoms with Crippen molar-refractivity contribution in [1.82, 2.24) is 10.3 Å². The summed E-state index contributed by atoms with van der Waals surface area (Å²) >= 11 is 1.19. The number of hydrogen-bond acceptors (Lipinski definition) is 10. The van der Waals surface area contributed by atoms with Crippen LogP contribution in [-0.2, 0) is 16.1 Å². The Balaban J connectivity index is 1.49. The summed E-state index contributed by atoms with van der Waals surface area (Å²) in [6.07, 6.45) is 2.16. The van der Waals surface area contributed by atoms with Gasteiger partial charge in [-0.15, -0.1) is 11.3 Å². The highest BCUT2D eigenvalue weighted by Gasteiger charge is 2.39. The Labute approximate surface area is 194 Å². The lowest BCUT2D eigenvalue weighted by atomic mass is 9.64. The van der Waals surface area contributed by atoms with Gasteiger partial charge in [-0.05, 0) is 49.9 Å². The second kappa shape index (κ2) is 10.3. The number of anilines is 1. The number of hydrogen-bond donors (Lipinski definition) is 4. The minimum absolute atomic E-state index is 0.0251. The third-order valence-corrected chi connectivity index (χ3v) is 6.53. The van der Waals surface area contributed by atoms with E-state index in [1.807, 2.05) is 0 Å². The van der Waals surface area contributed by atoms with Crippen LogP contribution >= 0.6 is 11.3 Å². The number of oxime groups is 1. The van der Waals surface area contributed by atoms with Gasteiger partial charge in [-0.3, -0.25) is 4.79 Å². The molecule has 1 atom stereocenters. The van der Waals surface area contributed by atoms with Crippen LogP contribution in [0.2, 0.25) is 5.82 Å². The smallest absolute Gasteiger partial charge is 0.526 e. The number of carboxylic acid groups (broad SMARTS) is 1. The molecule has 2 aliphatic heterocycles. The van der Waals surface area contributed by atoms with E-state index < -0.39 is 18.9 Å². The number of fused-ring (bicyclic) bond motifs is 1. The van der Waals surface area contributed by atoms with Gasteiger partial charge in [0.25, 0.3) is 0 Å². The van der Waals surface area contributed by atoms with Gasteiger partial charge in [0.05, 0.1) is 5.56 Å². The molecule has 0 radical (unpaired) electrons. The molecule has 1 fully saturated rings. The first kappa shape index (κ1) is 23.2. The van der Waals surface area contributed by atoms with Gasteiger partial charge in [0.2, 0.25) is 0 Å². The largest absolute Gasteiger partial charge is 0.535 e. The van der Waals surface area contributed by atoms with Crippen molar-refractivity contribution in [2.75, 3.05) is 25.4 Å². The highest BCUT2D eigenvalue weighted by atomic mass is 32.1. The molecule has 1 saturated heterocycles. The molecule has 3 heterocycles. The summed E-state index contributed by atoms with van der Waals surface area (Å²) in [4.78, 5) is 34.3. The van der Waals surface area contributed by atoms with E-state index in [2.05, 4.69) is 15.5 Å². The van der Waals surface area contributed by atoms with Crippen LogP contribution in [0.3, 0.4) is 0 Å². The van der Waals surface area contributed by atoms with E-state index in [4.69, 9.17) is 15.2 Å². The average Bonchev–Trinajstić information content (AvgIpc) is 3.23. The van der Waals surface area contributed by atoms with Crippen molar-refractivity contribution in [1.29, 1.82) is 0 Å². The molecule has 0 amide bonds. The van der Waals surface area contributed by atoms with Crippen molar-refractivity contribution < 1.29 is 29.2 Å². The number of carbonyl (C=O) groups excluding carboxylic acids is 1.